The first-order chi connectivity index (χ1) is 13.6. The molecule has 4 bridgehead atoms. The standard InChI is InChI=1S/C24H36N2O2/c1-16-4-6-22(28-16)14-25-23(27)7-5-17-3-2-8-26(15-17)24-20-10-18-9-19(12-20)13-21(24)11-18/h4,6,17-21,24H,2-3,5,7-15H2,1H3,(H,25,27)/t17-,18?,19?,20?,21?,24?/m1/s1. The van der Waals surface area contributed by atoms with Crippen molar-refractivity contribution in [3.8, 4) is 0 Å². The highest BCUT2D eigenvalue weighted by atomic mass is 16.3. The number of piperidine rings is 1. The van der Waals surface area contributed by atoms with Crippen molar-refractivity contribution < 1.29 is 9.21 Å². The molecule has 1 saturated heterocycles. The fraction of sp³-hybridized carbons (Fsp3) is 0.792. The quantitative estimate of drug-likeness (QED) is 0.784. The topological polar surface area (TPSA) is 45.5 Å². The van der Waals surface area contributed by atoms with Crippen LogP contribution in [0.4, 0.5) is 0 Å². The molecule has 0 unspecified atom stereocenters. The minimum atomic E-state index is 0.167. The number of amides is 1. The van der Waals surface area contributed by atoms with Gasteiger partial charge in [0.1, 0.15) is 11.5 Å². The highest BCUT2D eigenvalue weighted by Gasteiger charge is 2.50. The molecule has 154 valence electrons. The molecule has 5 aliphatic rings. The zero-order valence-electron chi connectivity index (χ0n) is 17.4. The summed E-state index contributed by atoms with van der Waals surface area (Å²) >= 11 is 0. The second kappa shape index (κ2) is 7.85. The van der Waals surface area contributed by atoms with Crippen LogP contribution >= 0.6 is 0 Å². The summed E-state index contributed by atoms with van der Waals surface area (Å²) in [5.41, 5.74) is 0. The summed E-state index contributed by atoms with van der Waals surface area (Å²) < 4.78 is 5.53. The van der Waals surface area contributed by atoms with Crippen LogP contribution in [-0.2, 0) is 11.3 Å². The molecule has 0 radical (unpaired) electrons. The first-order valence-corrected chi connectivity index (χ1v) is 11.7. The fourth-order valence-corrected chi connectivity index (χ4v) is 7.29. The van der Waals surface area contributed by atoms with Crippen LogP contribution in [0.3, 0.4) is 0 Å². The third-order valence-corrected chi connectivity index (χ3v) is 8.18. The number of nitrogens with zero attached hydrogens (tertiary/aromatic N) is 1. The van der Waals surface area contributed by atoms with E-state index in [2.05, 4.69) is 10.2 Å². The average molecular weight is 385 g/mol. The second-order valence-electron chi connectivity index (χ2n) is 10.3. The summed E-state index contributed by atoms with van der Waals surface area (Å²) in [4.78, 5) is 15.1. The summed E-state index contributed by atoms with van der Waals surface area (Å²) in [6, 6.07) is 4.76. The summed E-state index contributed by atoms with van der Waals surface area (Å²) in [6.45, 7) is 4.98. The zero-order valence-corrected chi connectivity index (χ0v) is 17.4. The van der Waals surface area contributed by atoms with Crippen molar-refractivity contribution in [2.45, 2.75) is 77.3 Å². The number of hydrogen-bond donors (Lipinski definition) is 1. The molecule has 4 saturated carbocycles. The second-order valence-corrected chi connectivity index (χ2v) is 10.3. The minimum Gasteiger partial charge on any atom is -0.465 e. The third kappa shape index (κ3) is 3.90. The number of furan rings is 1. The van der Waals surface area contributed by atoms with Crippen molar-refractivity contribution in [2.24, 2.45) is 29.6 Å². The van der Waals surface area contributed by atoms with Gasteiger partial charge in [0.15, 0.2) is 0 Å². The largest absolute Gasteiger partial charge is 0.465 e. The first-order valence-electron chi connectivity index (χ1n) is 11.7. The average Bonchev–Trinajstić information content (AvgIpc) is 3.09. The Bertz CT molecular complexity index is 669. The Morgan fingerprint density at radius 1 is 1.14 bits per heavy atom. The monoisotopic (exact) mass is 384 g/mol. The number of likely N-dealkylation sites (tertiary alicyclic amines) is 1. The molecular formula is C24H36N2O2. The maximum absolute atomic E-state index is 12.3. The lowest BCUT2D eigenvalue weighted by atomic mass is 9.53. The van der Waals surface area contributed by atoms with Crippen LogP contribution in [0, 0.1) is 36.5 Å². The molecule has 4 nitrogen and oxygen atoms in total. The maximum atomic E-state index is 12.3. The Hall–Kier alpha value is -1.29. The van der Waals surface area contributed by atoms with E-state index < -0.39 is 0 Å². The van der Waals surface area contributed by atoms with Crippen molar-refractivity contribution in [2.75, 3.05) is 13.1 Å². The predicted molar refractivity (Wildman–Crippen MR) is 110 cm³/mol. The SMILES string of the molecule is Cc1ccc(CNC(=O)CC[C@H]2CCCN(C3C4CC5CC(C4)CC3C5)C2)o1. The van der Waals surface area contributed by atoms with Crippen molar-refractivity contribution >= 4 is 5.91 Å². The third-order valence-electron chi connectivity index (χ3n) is 8.18. The van der Waals surface area contributed by atoms with Gasteiger partial charge in [-0.1, -0.05) is 0 Å². The summed E-state index contributed by atoms with van der Waals surface area (Å²) in [5, 5.41) is 3.02. The van der Waals surface area contributed by atoms with Gasteiger partial charge in [-0.2, -0.15) is 0 Å². The molecule has 1 amide bonds. The molecule has 1 aromatic rings. The van der Waals surface area contributed by atoms with Crippen LogP contribution in [0.25, 0.3) is 0 Å². The van der Waals surface area contributed by atoms with E-state index in [1.807, 2.05) is 19.1 Å². The van der Waals surface area contributed by atoms with Gasteiger partial charge in [0.2, 0.25) is 5.91 Å². The van der Waals surface area contributed by atoms with Crippen molar-refractivity contribution in [1.82, 2.24) is 10.2 Å². The van der Waals surface area contributed by atoms with Crippen molar-refractivity contribution in [3.05, 3.63) is 23.7 Å². The zero-order chi connectivity index (χ0) is 19.1. The van der Waals surface area contributed by atoms with Gasteiger partial charge in [0.05, 0.1) is 6.54 Å². The summed E-state index contributed by atoms with van der Waals surface area (Å²) in [6.07, 6.45) is 11.9. The van der Waals surface area contributed by atoms with Crippen LogP contribution in [0.5, 0.6) is 0 Å². The Morgan fingerprint density at radius 3 is 2.57 bits per heavy atom. The number of aryl methyl sites for hydroxylation is 1. The van der Waals surface area contributed by atoms with E-state index in [0.29, 0.717) is 18.9 Å². The van der Waals surface area contributed by atoms with Crippen LogP contribution in [0.2, 0.25) is 0 Å². The van der Waals surface area contributed by atoms with Crippen LogP contribution in [-0.4, -0.2) is 29.9 Å². The first kappa shape index (κ1) is 18.7. The van der Waals surface area contributed by atoms with Crippen LogP contribution < -0.4 is 5.32 Å². The number of nitrogens with one attached hydrogen (secondary N) is 1. The minimum absolute atomic E-state index is 0.167. The van der Waals surface area contributed by atoms with Gasteiger partial charge in [0.25, 0.3) is 0 Å². The molecule has 1 aromatic heterocycles. The predicted octanol–water partition coefficient (Wildman–Crippen LogP) is 4.52. The molecule has 4 aliphatic carbocycles. The van der Waals surface area contributed by atoms with Crippen molar-refractivity contribution in [3.63, 3.8) is 0 Å². The Kier molecular flexibility index (Phi) is 5.25. The van der Waals surface area contributed by atoms with E-state index in [0.717, 1.165) is 47.7 Å². The van der Waals surface area contributed by atoms with E-state index in [1.165, 1.54) is 58.0 Å². The van der Waals surface area contributed by atoms with Gasteiger partial charge < -0.3 is 9.73 Å². The lowest BCUT2D eigenvalue weighted by Crippen LogP contribution is -2.57. The molecule has 2 heterocycles. The van der Waals surface area contributed by atoms with Crippen molar-refractivity contribution in [1.29, 1.82) is 0 Å². The van der Waals surface area contributed by atoms with E-state index in [-0.39, 0.29) is 5.91 Å². The van der Waals surface area contributed by atoms with Gasteiger partial charge >= 0.3 is 0 Å². The molecule has 28 heavy (non-hydrogen) atoms. The molecule has 6 rings (SSSR count). The lowest BCUT2D eigenvalue weighted by molar-refractivity contribution is -0.121. The summed E-state index contributed by atoms with van der Waals surface area (Å²) in [5.74, 6) is 6.68. The number of hydrogen-bond acceptors (Lipinski definition) is 3. The van der Waals surface area contributed by atoms with Gasteiger partial charge in [-0.05, 0) is 107 Å². The molecule has 0 spiro atoms. The molecule has 1 atom stereocenters. The van der Waals surface area contributed by atoms with Gasteiger partial charge in [-0.15, -0.1) is 0 Å². The normalized spacial score (nSPS) is 37.3. The lowest BCUT2D eigenvalue weighted by Gasteiger charge is -2.58. The Morgan fingerprint density at radius 2 is 1.89 bits per heavy atom. The Labute approximate surface area is 169 Å². The van der Waals surface area contributed by atoms with Gasteiger partial charge in [0, 0.05) is 19.0 Å². The number of carbonyl (C=O) groups is 1. The van der Waals surface area contributed by atoms with Gasteiger partial charge in [-0.3, -0.25) is 9.69 Å². The van der Waals surface area contributed by atoms with E-state index in [4.69, 9.17) is 4.42 Å². The molecule has 4 heteroatoms. The maximum Gasteiger partial charge on any atom is 0.220 e. The van der Waals surface area contributed by atoms with E-state index in [1.54, 1.807) is 0 Å². The van der Waals surface area contributed by atoms with Gasteiger partial charge in [-0.25, -0.2) is 0 Å². The van der Waals surface area contributed by atoms with Crippen LogP contribution in [0.1, 0.15) is 69.3 Å². The van der Waals surface area contributed by atoms with E-state index >= 15 is 0 Å². The molecule has 0 aromatic carbocycles. The molecule has 1 N–H and O–H groups in total. The molecular weight excluding hydrogens is 348 g/mol. The smallest absolute Gasteiger partial charge is 0.220 e. The Balaban J connectivity index is 1.10. The van der Waals surface area contributed by atoms with Crippen LogP contribution in [0.15, 0.2) is 16.5 Å². The summed E-state index contributed by atoms with van der Waals surface area (Å²) in [7, 11) is 0. The number of carbonyl (C=O) groups excluding carboxylic acids is 1. The fourth-order valence-electron chi connectivity index (χ4n) is 7.29. The highest BCUT2D eigenvalue weighted by molar-refractivity contribution is 5.75. The highest BCUT2D eigenvalue weighted by Crippen LogP contribution is 2.55. The number of rotatable bonds is 6. The molecule has 1 aliphatic heterocycles. The molecule has 5 fully saturated rings. The van der Waals surface area contributed by atoms with E-state index in [9.17, 15) is 4.79 Å².